The molecule has 5 nitrogen and oxygen atoms in total. The van der Waals surface area contributed by atoms with Gasteiger partial charge in [0, 0.05) is 17.4 Å². The van der Waals surface area contributed by atoms with Crippen molar-refractivity contribution in [3.8, 4) is 11.3 Å². The lowest BCUT2D eigenvalue weighted by Crippen LogP contribution is -2.27. The van der Waals surface area contributed by atoms with Gasteiger partial charge in [-0.3, -0.25) is 0 Å². The van der Waals surface area contributed by atoms with E-state index in [1.54, 1.807) is 6.20 Å². The Bertz CT molecular complexity index is 798. The number of aliphatic hydroxyl groups excluding tert-OH is 1. The van der Waals surface area contributed by atoms with Crippen LogP contribution in [0.4, 0.5) is 5.69 Å². The number of anilines is 1. The van der Waals surface area contributed by atoms with E-state index in [0.29, 0.717) is 0 Å². The number of hydrogen-bond donors (Lipinski definition) is 3. The van der Waals surface area contributed by atoms with Crippen LogP contribution in [0, 0.1) is 0 Å². The SMILES string of the molecule is O[C@H]1CCC[C@H]1Nc1cccc(-c2cnc3[nH]ccc3n2)c1. The third kappa shape index (κ3) is 2.44. The average Bonchev–Trinajstić information content (AvgIpc) is 3.16. The molecular weight excluding hydrogens is 276 g/mol. The van der Waals surface area contributed by atoms with Crippen LogP contribution >= 0.6 is 0 Å². The van der Waals surface area contributed by atoms with Crippen LogP contribution in [0.3, 0.4) is 0 Å². The molecule has 3 N–H and O–H groups in total. The molecule has 1 aliphatic carbocycles. The van der Waals surface area contributed by atoms with Crippen molar-refractivity contribution in [2.24, 2.45) is 0 Å². The smallest absolute Gasteiger partial charge is 0.156 e. The first-order chi connectivity index (χ1) is 10.8. The van der Waals surface area contributed by atoms with Crippen LogP contribution < -0.4 is 5.32 Å². The summed E-state index contributed by atoms with van der Waals surface area (Å²) in [4.78, 5) is 12.1. The predicted octanol–water partition coefficient (Wildman–Crippen LogP) is 2.95. The number of aromatic nitrogens is 3. The van der Waals surface area contributed by atoms with Crippen LogP contribution in [-0.2, 0) is 0 Å². The molecule has 1 aliphatic rings. The number of rotatable bonds is 3. The molecule has 0 saturated heterocycles. The van der Waals surface area contributed by atoms with Crippen molar-refractivity contribution in [2.75, 3.05) is 5.32 Å². The highest BCUT2D eigenvalue weighted by Crippen LogP contribution is 2.26. The quantitative estimate of drug-likeness (QED) is 0.694. The van der Waals surface area contributed by atoms with Crippen molar-refractivity contribution in [1.82, 2.24) is 15.0 Å². The summed E-state index contributed by atoms with van der Waals surface area (Å²) in [5.41, 5.74) is 4.55. The van der Waals surface area contributed by atoms with Crippen LogP contribution in [0.15, 0.2) is 42.7 Å². The van der Waals surface area contributed by atoms with E-state index in [2.05, 4.69) is 26.3 Å². The average molecular weight is 294 g/mol. The molecule has 1 fully saturated rings. The summed E-state index contributed by atoms with van der Waals surface area (Å²) in [6.45, 7) is 0. The molecule has 4 rings (SSSR count). The normalized spacial score (nSPS) is 21.3. The molecule has 2 aromatic heterocycles. The third-order valence-electron chi connectivity index (χ3n) is 4.25. The van der Waals surface area contributed by atoms with Gasteiger partial charge in [0.05, 0.1) is 24.0 Å². The highest BCUT2D eigenvalue weighted by atomic mass is 16.3. The maximum Gasteiger partial charge on any atom is 0.156 e. The second kappa shape index (κ2) is 5.42. The van der Waals surface area contributed by atoms with Crippen molar-refractivity contribution >= 4 is 16.9 Å². The summed E-state index contributed by atoms with van der Waals surface area (Å²) in [5.74, 6) is 0. The number of nitrogens with one attached hydrogen (secondary N) is 2. The fraction of sp³-hybridized carbons (Fsp3) is 0.294. The molecule has 0 unspecified atom stereocenters. The first kappa shape index (κ1) is 13.3. The Morgan fingerprint density at radius 1 is 1.23 bits per heavy atom. The van der Waals surface area contributed by atoms with Crippen molar-refractivity contribution in [3.05, 3.63) is 42.7 Å². The van der Waals surface area contributed by atoms with Gasteiger partial charge >= 0.3 is 0 Å². The number of aliphatic hydroxyl groups is 1. The van der Waals surface area contributed by atoms with Crippen LogP contribution in [0.25, 0.3) is 22.4 Å². The fourth-order valence-electron chi connectivity index (χ4n) is 3.06. The second-order valence-electron chi connectivity index (χ2n) is 5.80. The van der Waals surface area contributed by atoms with Gasteiger partial charge in [0.1, 0.15) is 5.52 Å². The molecule has 112 valence electrons. The minimum Gasteiger partial charge on any atom is -0.391 e. The molecule has 5 heteroatoms. The van der Waals surface area contributed by atoms with Crippen LogP contribution in [0.5, 0.6) is 0 Å². The van der Waals surface area contributed by atoms with Crippen molar-refractivity contribution in [2.45, 2.75) is 31.4 Å². The monoisotopic (exact) mass is 294 g/mol. The van der Waals surface area contributed by atoms with Gasteiger partial charge in [-0.1, -0.05) is 12.1 Å². The summed E-state index contributed by atoms with van der Waals surface area (Å²) < 4.78 is 0. The topological polar surface area (TPSA) is 73.8 Å². The molecule has 22 heavy (non-hydrogen) atoms. The van der Waals surface area contributed by atoms with Gasteiger partial charge in [0.15, 0.2) is 5.65 Å². The van der Waals surface area contributed by atoms with Gasteiger partial charge in [-0.05, 0) is 37.5 Å². The van der Waals surface area contributed by atoms with Gasteiger partial charge in [-0.15, -0.1) is 0 Å². The lowest BCUT2D eigenvalue weighted by molar-refractivity contribution is 0.172. The molecule has 0 spiro atoms. The number of benzene rings is 1. The Balaban J connectivity index is 1.63. The first-order valence-electron chi connectivity index (χ1n) is 7.65. The highest BCUT2D eigenvalue weighted by Gasteiger charge is 2.24. The number of H-pyrrole nitrogens is 1. The van der Waals surface area contributed by atoms with Crippen LogP contribution in [0.1, 0.15) is 19.3 Å². The summed E-state index contributed by atoms with van der Waals surface area (Å²) in [5, 5.41) is 13.4. The molecule has 1 aromatic carbocycles. The second-order valence-corrected chi connectivity index (χ2v) is 5.80. The maximum absolute atomic E-state index is 9.94. The lowest BCUT2D eigenvalue weighted by atomic mass is 10.1. The van der Waals surface area contributed by atoms with E-state index in [9.17, 15) is 5.11 Å². The zero-order chi connectivity index (χ0) is 14.9. The van der Waals surface area contributed by atoms with Gasteiger partial charge in [-0.25, -0.2) is 9.97 Å². The van der Waals surface area contributed by atoms with E-state index in [1.807, 2.05) is 30.5 Å². The van der Waals surface area contributed by atoms with Crippen LogP contribution in [-0.4, -0.2) is 32.2 Å². The molecule has 0 radical (unpaired) electrons. The highest BCUT2D eigenvalue weighted by molar-refractivity contribution is 5.75. The molecule has 2 heterocycles. The molecule has 0 bridgehead atoms. The molecule has 2 atom stereocenters. The predicted molar refractivity (Wildman–Crippen MR) is 86.6 cm³/mol. The third-order valence-corrected chi connectivity index (χ3v) is 4.25. The Kier molecular flexibility index (Phi) is 3.27. The first-order valence-corrected chi connectivity index (χ1v) is 7.65. The largest absolute Gasteiger partial charge is 0.391 e. The Hall–Kier alpha value is -2.40. The van der Waals surface area contributed by atoms with E-state index in [4.69, 9.17) is 0 Å². The minimum atomic E-state index is -0.250. The molecular formula is C17H18N4O. The number of aromatic amines is 1. The number of nitrogens with zero attached hydrogens (tertiary/aromatic N) is 2. The minimum absolute atomic E-state index is 0.147. The lowest BCUT2D eigenvalue weighted by Gasteiger charge is -2.18. The van der Waals surface area contributed by atoms with Gasteiger partial charge in [0.25, 0.3) is 0 Å². The number of hydrogen-bond acceptors (Lipinski definition) is 4. The summed E-state index contributed by atoms with van der Waals surface area (Å²) in [7, 11) is 0. The number of fused-ring (bicyclic) bond motifs is 1. The molecule has 1 saturated carbocycles. The van der Waals surface area contributed by atoms with Gasteiger partial charge in [-0.2, -0.15) is 0 Å². The van der Waals surface area contributed by atoms with E-state index in [1.165, 1.54) is 0 Å². The Morgan fingerprint density at radius 3 is 3.05 bits per heavy atom. The van der Waals surface area contributed by atoms with Crippen molar-refractivity contribution < 1.29 is 5.11 Å². The zero-order valence-electron chi connectivity index (χ0n) is 12.2. The van der Waals surface area contributed by atoms with E-state index in [0.717, 1.165) is 47.4 Å². The summed E-state index contributed by atoms with van der Waals surface area (Å²) >= 11 is 0. The van der Waals surface area contributed by atoms with E-state index < -0.39 is 0 Å². The standard InChI is InChI=1S/C17H18N4O/c22-16-6-2-5-13(16)20-12-4-1-3-11(9-12)15-10-19-17-14(21-15)7-8-18-17/h1,3-4,7-10,13,16,20,22H,2,5-6H2,(H,18,19)/t13-,16+/m1/s1. The molecule has 3 aromatic rings. The van der Waals surface area contributed by atoms with E-state index in [-0.39, 0.29) is 12.1 Å². The van der Waals surface area contributed by atoms with Gasteiger partial charge in [0.2, 0.25) is 0 Å². The van der Waals surface area contributed by atoms with Crippen LogP contribution in [0.2, 0.25) is 0 Å². The van der Waals surface area contributed by atoms with Crippen molar-refractivity contribution in [1.29, 1.82) is 0 Å². The Morgan fingerprint density at radius 2 is 2.18 bits per heavy atom. The fourth-order valence-corrected chi connectivity index (χ4v) is 3.06. The molecule has 0 amide bonds. The van der Waals surface area contributed by atoms with Gasteiger partial charge < -0.3 is 15.4 Å². The Labute approximate surface area is 128 Å². The molecule has 0 aliphatic heterocycles. The van der Waals surface area contributed by atoms with E-state index >= 15 is 0 Å². The summed E-state index contributed by atoms with van der Waals surface area (Å²) in [6.07, 6.45) is 6.34. The van der Waals surface area contributed by atoms with Crippen molar-refractivity contribution in [3.63, 3.8) is 0 Å². The summed E-state index contributed by atoms with van der Waals surface area (Å²) in [6, 6.07) is 10.2. The zero-order valence-corrected chi connectivity index (χ0v) is 12.2. The maximum atomic E-state index is 9.94.